The molecule has 0 radical (unpaired) electrons. The maximum Gasteiger partial charge on any atom is 0.270 e. The Balaban J connectivity index is 1.87. The molecule has 94 valence electrons. The Morgan fingerprint density at radius 2 is 2.35 bits per heavy atom. The van der Waals surface area contributed by atoms with Crippen LogP contribution in [-0.2, 0) is 4.74 Å². The summed E-state index contributed by atoms with van der Waals surface area (Å²) in [6.07, 6.45) is 1.96. The molecule has 0 atom stereocenters. The summed E-state index contributed by atoms with van der Waals surface area (Å²) < 4.78 is 5.32. The first-order chi connectivity index (χ1) is 8.09. The summed E-state index contributed by atoms with van der Waals surface area (Å²) in [6.45, 7) is 4.38. The molecule has 1 aliphatic rings. The number of carbonyl (C=O) groups excluding carboxylic acids is 1. The lowest BCUT2D eigenvalue weighted by atomic mass is 9.82. The van der Waals surface area contributed by atoms with Gasteiger partial charge in [-0.15, -0.1) is 11.3 Å². The highest BCUT2D eigenvalue weighted by Crippen LogP contribution is 2.28. The van der Waals surface area contributed by atoms with Crippen molar-refractivity contribution in [2.75, 3.05) is 25.5 Å². The quantitative estimate of drug-likeness (QED) is 0.852. The minimum Gasteiger partial charge on any atom is -0.381 e. The molecule has 0 aliphatic carbocycles. The van der Waals surface area contributed by atoms with E-state index < -0.39 is 0 Å². The molecule has 5 nitrogen and oxygen atoms in total. The molecule has 1 saturated heterocycles. The van der Waals surface area contributed by atoms with Crippen LogP contribution < -0.4 is 11.1 Å². The second-order valence-electron chi connectivity index (χ2n) is 4.68. The van der Waals surface area contributed by atoms with Gasteiger partial charge < -0.3 is 15.8 Å². The number of nitrogens with two attached hydrogens (primary N) is 1. The van der Waals surface area contributed by atoms with E-state index >= 15 is 0 Å². The standard InChI is InChI=1S/C11H17N3O2S/c1-11(2-4-16-5-3-11)7-13-9(15)8-6-17-10(12)14-8/h6H,2-5,7H2,1H3,(H2,12,14)(H,13,15). The van der Waals surface area contributed by atoms with Crippen LogP contribution in [0.15, 0.2) is 5.38 Å². The third-order valence-corrected chi connectivity index (χ3v) is 3.80. The van der Waals surface area contributed by atoms with E-state index in [1.165, 1.54) is 11.3 Å². The number of nitrogens with one attached hydrogen (secondary N) is 1. The number of aromatic nitrogens is 1. The first-order valence-corrected chi connectivity index (χ1v) is 6.54. The molecule has 1 fully saturated rings. The molecule has 1 aromatic heterocycles. The van der Waals surface area contributed by atoms with Crippen LogP contribution in [-0.4, -0.2) is 30.6 Å². The second kappa shape index (κ2) is 5.01. The van der Waals surface area contributed by atoms with Gasteiger partial charge >= 0.3 is 0 Å². The van der Waals surface area contributed by atoms with Crippen LogP contribution in [0.25, 0.3) is 0 Å². The van der Waals surface area contributed by atoms with Crippen molar-refractivity contribution >= 4 is 22.4 Å². The van der Waals surface area contributed by atoms with Crippen LogP contribution in [0.4, 0.5) is 5.13 Å². The number of nitrogen functional groups attached to an aromatic ring is 1. The Morgan fingerprint density at radius 1 is 1.65 bits per heavy atom. The smallest absolute Gasteiger partial charge is 0.270 e. The van der Waals surface area contributed by atoms with Crippen molar-refractivity contribution in [3.05, 3.63) is 11.1 Å². The Labute approximate surface area is 104 Å². The lowest BCUT2D eigenvalue weighted by Gasteiger charge is -2.33. The fraction of sp³-hybridized carbons (Fsp3) is 0.636. The van der Waals surface area contributed by atoms with Crippen LogP contribution in [0, 0.1) is 5.41 Å². The molecular weight excluding hydrogens is 238 g/mol. The highest BCUT2D eigenvalue weighted by molar-refractivity contribution is 7.13. The van der Waals surface area contributed by atoms with E-state index in [4.69, 9.17) is 10.5 Å². The first kappa shape index (κ1) is 12.3. The molecule has 1 aromatic rings. The van der Waals surface area contributed by atoms with Gasteiger partial charge in [-0.2, -0.15) is 0 Å². The Kier molecular flexibility index (Phi) is 3.63. The lowest BCUT2D eigenvalue weighted by Crippen LogP contribution is -2.39. The van der Waals surface area contributed by atoms with Crippen LogP contribution >= 0.6 is 11.3 Å². The molecule has 0 saturated carbocycles. The normalized spacial score (nSPS) is 18.9. The van der Waals surface area contributed by atoms with Crippen LogP contribution in [0.5, 0.6) is 0 Å². The number of rotatable bonds is 3. The zero-order valence-electron chi connectivity index (χ0n) is 9.86. The minimum atomic E-state index is -0.148. The summed E-state index contributed by atoms with van der Waals surface area (Å²) in [7, 11) is 0. The molecule has 17 heavy (non-hydrogen) atoms. The molecule has 1 amide bonds. The van der Waals surface area contributed by atoms with Gasteiger partial charge in [0, 0.05) is 25.1 Å². The second-order valence-corrected chi connectivity index (χ2v) is 5.57. The van der Waals surface area contributed by atoms with Gasteiger partial charge in [0.2, 0.25) is 0 Å². The SMILES string of the molecule is CC1(CNC(=O)c2csc(N)n2)CCOCC1. The van der Waals surface area contributed by atoms with Crippen LogP contribution in [0.1, 0.15) is 30.3 Å². The van der Waals surface area contributed by atoms with Crippen molar-refractivity contribution in [3.63, 3.8) is 0 Å². The van der Waals surface area contributed by atoms with E-state index in [1.54, 1.807) is 5.38 Å². The van der Waals surface area contributed by atoms with Crippen LogP contribution in [0.3, 0.4) is 0 Å². The summed E-state index contributed by atoms with van der Waals surface area (Å²) in [5.41, 5.74) is 6.03. The zero-order chi connectivity index (χ0) is 12.3. The number of amides is 1. The van der Waals surface area contributed by atoms with Crippen molar-refractivity contribution in [1.82, 2.24) is 10.3 Å². The maximum atomic E-state index is 11.8. The lowest BCUT2D eigenvalue weighted by molar-refractivity contribution is 0.0238. The molecule has 2 heterocycles. The van der Waals surface area contributed by atoms with Crippen molar-refractivity contribution in [2.24, 2.45) is 5.41 Å². The fourth-order valence-electron chi connectivity index (χ4n) is 1.82. The molecule has 0 bridgehead atoms. The van der Waals surface area contributed by atoms with Gasteiger partial charge in [-0.1, -0.05) is 6.92 Å². The highest BCUT2D eigenvalue weighted by Gasteiger charge is 2.28. The van der Waals surface area contributed by atoms with E-state index in [9.17, 15) is 4.79 Å². The van der Waals surface area contributed by atoms with Crippen molar-refractivity contribution in [2.45, 2.75) is 19.8 Å². The predicted molar refractivity (Wildman–Crippen MR) is 67.0 cm³/mol. The molecule has 1 aliphatic heterocycles. The van der Waals surface area contributed by atoms with Gasteiger partial charge in [0.25, 0.3) is 5.91 Å². The van der Waals surface area contributed by atoms with E-state index in [-0.39, 0.29) is 11.3 Å². The van der Waals surface area contributed by atoms with Crippen LogP contribution in [0.2, 0.25) is 0 Å². The third-order valence-electron chi connectivity index (χ3n) is 3.13. The molecule has 2 rings (SSSR count). The molecule has 0 aromatic carbocycles. The Bertz CT molecular complexity index is 399. The predicted octanol–water partition coefficient (Wildman–Crippen LogP) is 1.27. The number of nitrogens with zero attached hydrogens (tertiary/aromatic N) is 1. The van der Waals surface area contributed by atoms with Crippen molar-refractivity contribution in [1.29, 1.82) is 0 Å². The number of anilines is 1. The number of ether oxygens (including phenoxy) is 1. The first-order valence-electron chi connectivity index (χ1n) is 5.66. The third kappa shape index (κ3) is 3.17. The van der Waals surface area contributed by atoms with E-state index in [0.29, 0.717) is 17.4 Å². The highest BCUT2D eigenvalue weighted by atomic mass is 32.1. The van der Waals surface area contributed by atoms with Gasteiger partial charge in [-0.25, -0.2) is 4.98 Å². The average Bonchev–Trinajstić information content (AvgIpc) is 2.74. The fourth-order valence-corrected chi connectivity index (χ4v) is 2.36. The maximum absolute atomic E-state index is 11.8. The zero-order valence-corrected chi connectivity index (χ0v) is 10.7. The van der Waals surface area contributed by atoms with E-state index in [0.717, 1.165) is 26.1 Å². The van der Waals surface area contributed by atoms with Gasteiger partial charge in [-0.05, 0) is 18.3 Å². The monoisotopic (exact) mass is 255 g/mol. The van der Waals surface area contributed by atoms with Gasteiger partial charge in [-0.3, -0.25) is 4.79 Å². The van der Waals surface area contributed by atoms with E-state index in [2.05, 4.69) is 17.2 Å². The molecular formula is C11H17N3O2S. The minimum absolute atomic E-state index is 0.134. The number of thiazole rings is 1. The number of hydrogen-bond donors (Lipinski definition) is 2. The number of carbonyl (C=O) groups is 1. The van der Waals surface area contributed by atoms with E-state index in [1.807, 2.05) is 0 Å². The van der Waals surface area contributed by atoms with Gasteiger partial charge in [0.05, 0.1) is 0 Å². The molecule has 6 heteroatoms. The molecule has 0 unspecified atom stereocenters. The summed E-state index contributed by atoms with van der Waals surface area (Å²) in [5.74, 6) is -0.148. The summed E-state index contributed by atoms with van der Waals surface area (Å²) in [5, 5.41) is 5.02. The summed E-state index contributed by atoms with van der Waals surface area (Å²) >= 11 is 1.28. The average molecular weight is 255 g/mol. The number of hydrogen-bond acceptors (Lipinski definition) is 5. The van der Waals surface area contributed by atoms with Gasteiger partial charge in [0.15, 0.2) is 5.13 Å². The molecule has 3 N–H and O–H groups in total. The largest absolute Gasteiger partial charge is 0.381 e. The van der Waals surface area contributed by atoms with Gasteiger partial charge in [0.1, 0.15) is 5.69 Å². The Morgan fingerprint density at radius 3 is 2.94 bits per heavy atom. The van der Waals surface area contributed by atoms with Crippen molar-refractivity contribution in [3.8, 4) is 0 Å². The van der Waals surface area contributed by atoms with Crippen molar-refractivity contribution < 1.29 is 9.53 Å². The molecule has 0 spiro atoms. The Hall–Kier alpha value is -1.14. The summed E-state index contributed by atoms with van der Waals surface area (Å²) in [6, 6.07) is 0. The topological polar surface area (TPSA) is 77.2 Å². The summed E-state index contributed by atoms with van der Waals surface area (Å²) in [4.78, 5) is 15.7.